The Kier molecular flexibility index (Phi) is 7.24. The minimum absolute atomic E-state index is 0.0309. The van der Waals surface area contributed by atoms with Gasteiger partial charge in [0.05, 0.1) is 19.8 Å². The van der Waals surface area contributed by atoms with Gasteiger partial charge in [0, 0.05) is 24.9 Å². The van der Waals surface area contributed by atoms with Crippen LogP contribution in [-0.2, 0) is 19.7 Å². The van der Waals surface area contributed by atoms with Crippen LogP contribution in [0.15, 0.2) is 30.3 Å². The molecule has 3 N–H and O–H groups in total. The first-order valence-electron chi connectivity index (χ1n) is 10.2. The number of benzene rings is 1. The van der Waals surface area contributed by atoms with Gasteiger partial charge in [-0.3, -0.25) is 9.59 Å². The quantitative estimate of drug-likeness (QED) is 0.466. The first-order valence-corrected chi connectivity index (χ1v) is 10.2. The fourth-order valence-corrected chi connectivity index (χ4v) is 4.27. The molecule has 2 fully saturated rings. The first kappa shape index (κ1) is 19.8. The molecule has 1 aromatic carbocycles. The number of quaternary nitrogens is 1. The van der Waals surface area contributed by atoms with Crippen molar-refractivity contribution in [1.29, 1.82) is 0 Å². The third-order valence-corrected chi connectivity index (χ3v) is 5.93. The molecule has 1 saturated heterocycles. The molecule has 1 aliphatic heterocycles. The molecule has 1 saturated carbocycles. The second-order valence-corrected chi connectivity index (χ2v) is 7.76. The van der Waals surface area contributed by atoms with Gasteiger partial charge in [0.15, 0.2) is 0 Å². The first-order chi connectivity index (χ1) is 13.2. The van der Waals surface area contributed by atoms with Crippen molar-refractivity contribution in [2.45, 2.75) is 37.5 Å². The topological polar surface area (TPSA) is 71.9 Å². The predicted molar refractivity (Wildman–Crippen MR) is 104 cm³/mol. The Morgan fingerprint density at radius 3 is 2.37 bits per heavy atom. The molecule has 6 heteroatoms. The normalized spacial score (nSPS) is 19.6. The molecule has 1 aromatic rings. The molecule has 2 amide bonds. The Bertz CT molecular complexity index is 608. The largest absolute Gasteiger partial charge is 0.370 e. The molecule has 2 aliphatic rings. The van der Waals surface area contributed by atoms with Crippen LogP contribution >= 0.6 is 0 Å². The molecule has 1 aliphatic carbocycles. The maximum Gasteiger partial charge on any atom is 0.309 e. The van der Waals surface area contributed by atoms with E-state index >= 15 is 0 Å². The lowest BCUT2D eigenvalue weighted by Crippen LogP contribution is -3.14. The van der Waals surface area contributed by atoms with Gasteiger partial charge in [-0.05, 0) is 18.4 Å². The molecule has 0 bridgehead atoms. The summed E-state index contributed by atoms with van der Waals surface area (Å²) < 4.78 is 5.34. The summed E-state index contributed by atoms with van der Waals surface area (Å²) in [5, 5.41) is 5.64. The maximum atomic E-state index is 12.2. The molecule has 0 aromatic heterocycles. The van der Waals surface area contributed by atoms with Crippen LogP contribution in [0.5, 0.6) is 0 Å². The smallest absolute Gasteiger partial charge is 0.309 e. The number of hydrogen-bond donors (Lipinski definition) is 3. The van der Waals surface area contributed by atoms with Crippen molar-refractivity contribution in [1.82, 2.24) is 10.6 Å². The molecule has 0 spiro atoms. The van der Waals surface area contributed by atoms with E-state index in [1.807, 2.05) is 18.2 Å². The molecular weight excluding hydrogens is 342 g/mol. The van der Waals surface area contributed by atoms with Crippen LogP contribution in [-0.4, -0.2) is 57.8 Å². The highest BCUT2D eigenvalue weighted by molar-refractivity contribution is 6.35. The molecule has 0 radical (unpaired) electrons. The maximum absolute atomic E-state index is 12.2. The van der Waals surface area contributed by atoms with E-state index < -0.39 is 11.8 Å². The van der Waals surface area contributed by atoms with Gasteiger partial charge in [0.25, 0.3) is 0 Å². The molecule has 3 rings (SSSR count). The lowest BCUT2D eigenvalue weighted by Gasteiger charge is -2.29. The van der Waals surface area contributed by atoms with Crippen molar-refractivity contribution >= 4 is 11.8 Å². The van der Waals surface area contributed by atoms with Crippen LogP contribution in [0.4, 0.5) is 0 Å². The number of carbonyl (C=O) groups excluding carboxylic acids is 2. The number of nitrogens with one attached hydrogen (secondary N) is 3. The van der Waals surface area contributed by atoms with Crippen molar-refractivity contribution < 1.29 is 19.2 Å². The number of morpholine rings is 1. The van der Waals surface area contributed by atoms with Gasteiger partial charge in [0.2, 0.25) is 0 Å². The third-order valence-electron chi connectivity index (χ3n) is 5.93. The predicted octanol–water partition coefficient (Wildman–Crippen LogP) is 0.0360. The average molecular weight is 375 g/mol. The molecule has 1 heterocycles. The summed E-state index contributed by atoms with van der Waals surface area (Å²) in [5.41, 5.74) is 1.23. The van der Waals surface area contributed by atoms with Gasteiger partial charge in [0.1, 0.15) is 13.1 Å². The van der Waals surface area contributed by atoms with Gasteiger partial charge in [-0.2, -0.15) is 0 Å². The molecule has 0 unspecified atom stereocenters. The van der Waals surface area contributed by atoms with Crippen molar-refractivity contribution in [3.8, 4) is 0 Å². The highest BCUT2D eigenvalue weighted by atomic mass is 16.5. The number of ether oxygens (including phenoxy) is 1. The van der Waals surface area contributed by atoms with Gasteiger partial charge in [-0.25, -0.2) is 0 Å². The summed E-state index contributed by atoms with van der Waals surface area (Å²) in [5.74, 6) is -1.04. The minimum Gasteiger partial charge on any atom is -0.370 e. The number of hydrogen-bond acceptors (Lipinski definition) is 3. The SMILES string of the molecule is O=C(NCCC[NH+]1CCOCC1)C(=O)NCC1(c2ccccc2)CCCC1. The highest BCUT2D eigenvalue weighted by Crippen LogP contribution is 2.40. The van der Waals surface area contributed by atoms with Crippen LogP contribution in [0.3, 0.4) is 0 Å². The lowest BCUT2D eigenvalue weighted by molar-refractivity contribution is -0.908. The summed E-state index contributed by atoms with van der Waals surface area (Å²) in [6, 6.07) is 10.4. The van der Waals surface area contributed by atoms with E-state index in [9.17, 15) is 9.59 Å². The second-order valence-electron chi connectivity index (χ2n) is 7.76. The second kappa shape index (κ2) is 9.85. The molecular formula is C21H32N3O3+. The Balaban J connectivity index is 1.40. The molecule has 6 nitrogen and oxygen atoms in total. The fourth-order valence-electron chi connectivity index (χ4n) is 4.27. The zero-order valence-electron chi connectivity index (χ0n) is 16.1. The molecule has 27 heavy (non-hydrogen) atoms. The van der Waals surface area contributed by atoms with Crippen LogP contribution in [0.2, 0.25) is 0 Å². The Morgan fingerprint density at radius 1 is 1.00 bits per heavy atom. The molecule has 0 atom stereocenters. The van der Waals surface area contributed by atoms with Crippen LogP contribution in [0.25, 0.3) is 0 Å². The monoisotopic (exact) mass is 374 g/mol. The Hall–Kier alpha value is -1.92. The van der Waals surface area contributed by atoms with Gasteiger partial charge in [-0.1, -0.05) is 43.2 Å². The summed E-state index contributed by atoms with van der Waals surface area (Å²) in [6.07, 6.45) is 5.33. The van der Waals surface area contributed by atoms with Crippen LogP contribution in [0.1, 0.15) is 37.7 Å². The van der Waals surface area contributed by atoms with E-state index in [4.69, 9.17) is 4.74 Å². The zero-order chi connectivity index (χ0) is 19.0. The van der Waals surface area contributed by atoms with E-state index in [1.165, 1.54) is 23.3 Å². The summed E-state index contributed by atoms with van der Waals surface area (Å²) in [4.78, 5) is 25.8. The van der Waals surface area contributed by atoms with Gasteiger partial charge < -0.3 is 20.3 Å². The van der Waals surface area contributed by atoms with Crippen molar-refractivity contribution in [2.24, 2.45) is 0 Å². The number of rotatable bonds is 7. The Labute approximate surface area is 161 Å². The van der Waals surface area contributed by atoms with Crippen molar-refractivity contribution in [2.75, 3.05) is 45.9 Å². The van der Waals surface area contributed by atoms with E-state index in [0.717, 1.165) is 52.1 Å². The lowest BCUT2D eigenvalue weighted by atomic mass is 9.79. The van der Waals surface area contributed by atoms with E-state index in [1.54, 1.807) is 0 Å². The zero-order valence-corrected chi connectivity index (χ0v) is 16.1. The average Bonchev–Trinajstić information content (AvgIpc) is 3.21. The van der Waals surface area contributed by atoms with Crippen molar-refractivity contribution in [3.05, 3.63) is 35.9 Å². The molecule has 148 valence electrons. The highest BCUT2D eigenvalue weighted by Gasteiger charge is 2.36. The van der Waals surface area contributed by atoms with E-state index in [0.29, 0.717) is 13.1 Å². The van der Waals surface area contributed by atoms with Crippen LogP contribution < -0.4 is 15.5 Å². The summed E-state index contributed by atoms with van der Waals surface area (Å²) in [7, 11) is 0. The van der Waals surface area contributed by atoms with E-state index in [-0.39, 0.29) is 5.41 Å². The third kappa shape index (κ3) is 5.53. The number of amides is 2. The van der Waals surface area contributed by atoms with Gasteiger partial charge >= 0.3 is 11.8 Å². The Morgan fingerprint density at radius 2 is 1.67 bits per heavy atom. The van der Waals surface area contributed by atoms with E-state index in [2.05, 4.69) is 22.8 Å². The standard InChI is InChI=1S/C21H31N3O3/c25-19(22-11-6-12-24-13-15-27-16-14-24)20(26)23-17-21(9-4-5-10-21)18-7-2-1-3-8-18/h1-3,7-8H,4-6,9-17H2,(H,22,25)(H,23,26)/p+1. The summed E-state index contributed by atoms with van der Waals surface area (Å²) >= 11 is 0. The van der Waals surface area contributed by atoms with Crippen LogP contribution in [0, 0.1) is 0 Å². The number of carbonyl (C=O) groups is 2. The minimum atomic E-state index is -0.520. The fraction of sp³-hybridized carbons (Fsp3) is 0.619. The summed E-state index contributed by atoms with van der Waals surface area (Å²) in [6.45, 7) is 5.75. The van der Waals surface area contributed by atoms with Gasteiger partial charge in [-0.15, -0.1) is 0 Å². The van der Waals surface area contributed by atoms with Crippen molar-refractivity contribution in [3.63, 3.8) is 0 Å².